The standard InChI is InChI=1S/C17H17NO.C10H8ClNO/c19-13-16-12-15(14-6-2-1-3-7-14)8-9-17(16)18-10-4-5-11-18;1-13-10-5-2-7-6-8(11)3-4-9(7)12-10/h1-3,6-9,12-13H,4-5,10-11H2;2-6H,1H3. The Balaban J connectivity index is 0.000000165. The maximum atomic E-state index is 11.3. The molecule has 5 heteroatoms. The van der Waals surface area contributed by atoms with Gasteiger partial charge in [0.1, 0.15) is 0 Å². The van der Waals surface area contributed by atoms with E-state index in [0.29, 0.717) is 5.88 Å². The van der Waals surface area contributed by atoms with Crippen LogP contribution >= 0.6 is 11.6 Å². The molecule has 1 fully saturated rings. The molecule has 0 atom stereocenters. The maximum absolute atomic E-state index is 11.3. The quantitative estimate of drug-likeness (QED) is 0.330. The number of halogens is 1. The average molecular weight is 445 g/mol. The zero-order valence-electron chi connectivity index (χ0n) is 18.0. The number of carbonyl (C=O) groups is 1. The highest BCUT2D eigenvalue weighted by Gasteiger charge is 2.16. The number of methoxy groups -OCH3 is 1. The summed E-state index contributed by atoms with van der Waals surface area (Å²) in [5, 5.41) is 1.74. The minimum atomic E-state index is 0.620. The number of hydrogen-bond acceptors (Lipinski definition) is 4. The first-order valence-corrected chi connectivity index (χ1v) is 11.1. The van der Waals surface area contributed by atoms with Gasteiger partial charge in [0.2, 0.25) is 5.88 Å². The minimum absolute atomic E-state index is 0.620. The van der Waals surface area contributed by atoms with Crippen LogP contribution in [0.2, 0.25) is 5.02 Å². The van der Waals surface area contributed by atoms with Crippen LogP contribution in [0, 0.1) is 0 Å². The number of hydrogen-bond donors (Lipinski definition) is 0. The van der Waals surface area contributed by atoms with E-state index in [4.69, 9.17) is 16.3 Å². The first-order valence-electron chi connectivity index (χ1n) is 10.7. The number of aromatic nitrogens is 1. The molecule has 0 unspecified atom stereocenters. The Morgan fingerprint density at radius 2 is 1.69 bits per heavy atom. The lowest BCUT2D eigenvalue weighted by Crippen LogP contribution is -2.19. The molecule has 1 aliphatic rings. The zero-order chi connectivity index (χ0) is 22.3. The molecule has 0 spiro atoms. The van der Waals surface area contributed by atoms with Gasteiger partial charge in [0.25, 0.3) is 0 Å². The van der Waals surface area contributed by atoms with Crippen molar-refractivity contribution in [3.63, 3.8) is 0 Å². The summed E-state index contributed by atoms with van der Waals surface area (Å²) in [6.45, 7) is 2.12. The van der Waals surface area contributed by atoms with E-state index in [1.165, 1.54) is 12.8 Å². The molecule has 0 N–H and O–H groups in total. The molecule has 1 aliphatic heterocycles. The van der Waals surface area contributed by atoms with Gasteiger partial charge < -0.3 is 9.64 Å². The van der Waals surface area contributed by atoms with Gasteiger partial charge in [-0.1, -0.05) is 48.0 Å². The number of benzene rings is 3. The smallest absolute Gasteiger partial charge is 0.213 e. The summed E-state index contributed by atoms with van der Waals surface area (Å²) in [5.74, 6) is 0.620. The summed E-state index contributed by atoms with van der Waals surface area (Å²) < 4.78 is 5.01. The molecule has 0 saturated carbocycles. The van der Waals surface area contributed by atoms with Gasteiger partial charge in [-0.3, -0.25) is 4.79 Å². The molecular formula is C27H25ClN2O2. The summed E-state index contributed by atoms with van der Waals surface area (Å²) in [7, 11) is 1.60. The van der Waals surface area contributed by atoms with Gasteiger partial charge in [-0.05, 0) is 60.4 Å². The van der Waals surface area contributed by atoms with E-state index in [-0.39, 0.29) is 0 Å². The van der Waals surface area contributed by atoms with Crippen molar-refractivity contribution >= 4 is 34.5 Å². The normalized spacial score (nSPS) is 12.9. The molecule has 3 aromatic carbocycles. The van der Waals surface area contributed by atoms with E-state index >= 15 is 0 Å². The molecule has 32 heavy (non-hydrogen) atoms. The average Bonchev–Trinajstić information content (AvgIpc) is 3.39. The fourth-order valence-corrected chi connectivity index (χ4v) is 4.08. The monoisotopic (exact) mass is 444 g/mol. The van der Waals surface area contributed by atoms with Gasteiger partial charge in [-0.15, -0.1) is 0 Å². The van der Waals surface area contributed by atoms with Gasteiger partial charge in [-0.25, -0.2) is 4.98 Å². The second kappa shape index (κ2) is 10.3. The molecule has 0 bridgehead atoms. The van der Waals surface area contributed by atoms with Crippen molar-refractivity contribution in [3.05, 3.63) is 89.4 Å². The van der Waals surface area contributed by atoms with Gasteiger partial charge >= 0.3 is 0 Å². The summed E-state index contributed by atoms with van der Waals surface area (Å²) in [6.07, 6.45) is 3.41. The molecule has 4 nitrogen and oxygen atoms in total. The molecule has 0 amide bonds. The highest BCUT2D eigenvalue weighted by Crippen LogP contribution is 2.28. The highest BCUT2D eigenvalue weighted by atomic mass is 35.5. The Kier molecular flexibility index (Phi) is 7.03. The number of fused-ring (bicyclic) bond motifs is 1. The van der Waals surface area contributed by atoms with Gasteiger partial charge in [0.05, 0.1) is 12.6 Å². The number of rotatable bonds is 4. The van der Waals surface area contributed by atoms with E-state index in [2.05, 4.69) is 34.1 Å². The van der Waals surface area contributed by atoms with E-state index in [1.54, 1.807) is 7.11 Å². The number of carbonyl (C=O) groups excluding carboxylic acids is 1. The summed E-state index contributed by atoms with van der Waals surface area (Å²) in [5.41, 5.74) is 5.02. The van der Waals surface area contributed by atoms with Crippen LogP contribution in [0.25, 0.3) is 22.0 Å². The predicted molar refractivity (Wildman–Crippen MR) is 132 cm³/mol. The molecule has 2 heterocycles. The van der Waals surface area contributed by atoms with Crippen molar-refractivity contribution in [2.75, 3.05) is 25.1 Å². The third kappa shape index (κ3) is 5.09. The molecule has 1 aromatic heterocycles. The van der Waals surface area contributed by atoms with Crippen LogP contribution in [-0.2, 0) is 0 Å². The first-order chi connectivity index (χ1) is 15.7. The summed E-state index contributed by atoms with van der Waals surface area (Å²) in [6, 6.07) is 25.7. The van der Waals surface area contributed by atoms with Crippen LogP contribution in [0.3, 0.4) is 0 Å². The third-order valence-corrected chi connectivity index (χ3v) is 5.78. The molecular weight excluding hydrogens is 420 g/mol. The van der Waals surface area contributed by atoms with Crippen LogP contribution in [0.1, 0.15) is 23.2 Å². The molecule has 162 valence electrons. The minimum Gasteiger partial charge on any atom is -0.481 e. The third-order valence-electron chi connectivity index (χ3n) is 5.54. The van der Waals surface area contributed by atoms with Crippen molar-refractivity contribution in [1.29, 1.82) is 0 Å². The van der Waals surface area contributed by atoms with E-state index in [1.807, 2.05) is 54.6 Å². The van der Waals surface area contributed by atoms with Crippen molar-refractivity contribution in [1.82, 2.24) is 4.98 Å². The van der Waals surface area contributed by atoms with Crippen molar-refractivity contribution in [2.24, 2.45) is 0 Å². The number of pyridine rings is 1. The maximum Gasteiger partial charge on any atom is 0.213 e. The van der Waals surface area contributed by atoms with Gasteiger partial charge in [0, 0.05) is 40.8 Å². The van der Waals surface area contributed by atoms with Crippen molar-refractivity contribution < 1.29 is 9.53 Å². The van der Waals surface area contributed by atoms with E-state index in [9.17, 15) is 4.79 Å². The fourth-order valence-electron chi connectivity index (χ4n) is 3.90. The molecule has 0 aliphatic carbocycles. The molecule has 4 aromatic rings. The van der Waals surface area contributed by atoms with Gasteiger partial charge in [-0.2, -0.15) is 0 Å². The predicted octanol–water partition coefficient (Wildman–Crippen LogP) is 6.66. The fraction of sp³-hybridized carbons (Fsp3) is 0.185. The van der Waals surface area contributed by atoms with E-state index < -0.39 is 0 Å². The lowest BCUT2D eigenvalue weighted by molar-refractivity contribution is 0.112. The number of anilines is 1. The van der Waals surface area contributed by atoms with Crippen molar-refractivity contribution in [2.45, 2.75) is 12.8 Å². The molecule has 5 rings (SSSR count). The first kappa shape index (κ1) is 21.8. The Labute approximate surface area is 193 Å². The Hall–Kier alpha value is -3.37. The van der Waals surface area contributed by atoms with Crippen LogP contribution in [0.15, 0.2) is 78.9 Å². The largest absolute Gasteiger partial charge is 0.481 e. The van der Waals surface area contributed by atoms with Crippen molar-refractivity contribution in [3.8, 4) is 17.0 Å². The van der Waals surface area contributed by atoms with Crippen LogP contribution in [0.4, 0.5) is 5.69 Å². The molecule has 0 radical (unpaired) electrons. The Morgan fingerprint density at radius 1 is 0.906 bits per heavy atom. The number of ether oxygens (including phenoxy) is 1. The SMILES string of the molecule is COc1ccc2cc(Cl)ccc2n1.O=Cc1cc(-c2ccccc2)ccc1N1CCCC1. The van der Waals surface area contributed by atoms with E-state index in [0.717, 1.165) is 57.7 Å². The Bertz CT molecular complexity index is 1200. The van der Waals surface area contributed by atoms with Crippen LogP contribution in [0.5, 0.6) is 5.88 Å². The lowest BCUT2D eigenvalue weighted by atomic mass is 10.0. The van der Waals surface area contributed by atoms with Gasteiger partial charge in [0.15, 0.2) is 6.29 Å². The second-order valence-corrected chi connectivity index (χ2v) is 8.08. The summed E-state index contributed by atoms with van der Waals surface area (Å²) >= 11 is 5.83. The number of aldehydes is 1. The topological polar surface area (TPSA) is 42.4 Å². The second-order valence-electron chi connectivity index (χ2n) is 7.64. The summed E-state index contributed by atoms with van der Waals surface area (Å²) in [4.78, 5) is 17.9. The Morgan fingerprint density at radius 3 is 2.41 bits per heavy atom. The zero-order valence-corrected chi connectivity index (χ0v) is 18.8. The lowest BCUT2D eigenvalue weighted by Gasteiger charge is -2.20. The molecule has 1 saturated heterocycles. The highest BCUT2D eigenvalue weighted by molar-refractivity contribution is 6.31. The van der Waals surface area contributed by atoms with Crippen LogP contribution in [-0.4, -0.2) is 31.5 Å². The van der Waals surface area contributed by atoms with Crippen LogP contribution < -0.4 is 9.64 Å². The number of nitrogens with zero attached hydrogens (tertiary/aromatic N) is 2.